The predicted octanol–water partition coefficient (Wildman–Crippen LogP) is 6.94. The molecule has 1 heterocycles. The van der Waals surface area contributed by atoms with Gasteiger partial charge in [0.15, 0.2) is 11.9 Å². The summed E-state index contributed by atoms with van der Waals surface area (Å²) in [6, 6.07) is 16.7. The van der Waals surface area contributed by atoms with Crippen molar-refractivity contribution in [1.29, 1.82) is 0 Å². The average Bonchev–Trinajstić information content (AvgIpc) is 3.65. The maximum absolute atomic E-state index is 13.1. The van der Waals surface area contributed by atoms with Gasteiger partial charge in [-0.15, -0.1) is 0 Å². The fourth-order valence-corrected chi connectivity index (χ4v) is 5.22. The van der Waals surface area contributed by atoms with E-state index in [-0.39, 0.29) is 29.6 Å². The smallest absolute Gasteiger partial charge is 0.335 e. The first-order chi connectivity index (χ1) is 18.7. The zero-order chi connectivity index (χ0) is 27.7. The summed E-state index contributed by atoms with van der Waals surface area (Å²) in [5, 5.41) is 14.5. The number of rotatable bonds is 9. The molecule has 0 radical (unpaired) electrons. The second-order valence-electron chi connectivity index (χ2n) is 9.32. The van der Waals surface area contributed by atoms with Gasteiger partial charge in [-0.2, -0.15) is 0 Å². The number of hydrogen-bond acceptors (Lipinski definition) is 6. The minimum atomic E-state index is -1.01. The Morgan fingerprint density at radius 1 is 1.00 bits per heavy atom. The van der Waals surface area contributed by atoms with Gasteiger partial charge in [0.25, 0.3) is 0 Å². The molecule has 3 aromatic rings. The Labute approximate surface area is 239 Å². The maximum Gasteiger partial charge on any atom is 0.335 e. The lowest BCUT2D eigenvalue weighted by atomic mass is 9.99. The molecule has 1 aliphatic carbocycles. The molecular formula is C29H23Cl3N2O5. The largest absolute Gasteiger partial charge is 0.489 e. The lowest BCUT2D eigenvalue weighted by Crippen LogP contribution is -2.18. The van der Waals surface area contributed by atoms with Crippen molar-refractivity contribution in [2.45, 2.75) is 25.4 Å². The molecule has 1 atom stereocenters. The number of carboxylic acids is 1. The van der Waals surface area contributed by atoms with Crippen molar-refractivity contribution < 1.29 is 24.3 Å². The van der Waals surface area contributed by atoms with Crippen molar-refractivity contribution in [3.05, 3.63) is 104 Å². The Hall–Kier alpha value is -3.52. The van der Waals surface area contributed by atoms with E-state index in [9.17, 15) is 14.7 Å². The van der Waals surface area contributed by atoms with E-state index in [4.69, 9.17) is 50.1 Å². The molecule has 200 valence electrons. The highest BCUT2D eigenvalue weighted by Gasteiger charge is 2.34. The molecule has 0 bridgehead atoms. The highest BCUT2D eigenvalue weighted by atomic mass is 35.5. The van der Waals surface area contributed by atoms with Crippen molar-refractivity contribution in [2.24, 2.45) is 16.8 Å². The first-order valence-electron chi connectivity index (χ1n) is 12.2. The van der Waals surface area contributed by atoms with Crippen molar-refractivity contribution in [2.75, 3.05) is 6.61 Å². The molecule has 1 fully saturated rings. The van der Waals surface area contributed by atoms with E-state index in [1.165, 1.54) is 6.07 Å². The molecule has 5 rings (SSSR count). The molecule has 1 aliphatic heterocycles. The van der Waals surface area contributed by atoms with Gasteiger partial charge in [0.1, 0.15) is 12.4 Å². The molecule has 39 heavy (non-hydrogen) atoms. The number of ketones is 1. The minimum absolute atomic E-state index is 0.0789. The van der Waals surface area contributed by atoms with E-state index < -0.39 is 12.1 Å². The number of ether oxygens (including phenoxy) is 1. The van der Waals surface area contributed by atoms with Crippen LogP contribution in [-0.4, -0.2) is 29.2 Å². The normalized spacial score (nSPS) is 17.2. The number of carboxylic acid groups (broad SMARTS) is 1. The van der Waals surface area contributed by atoms with E-state index in [2.05, 4.69) is 5.16 Å². The third-order valence-electron chi connectivity index (χ3n) is 6.61. The summed E-state index contributed by atoms with van der Waals surface area (Å²) in [6.07, 6.45) is 1.60. The van der Waals surface area contributed by atoms with Gasteiger partial charge < -0.3 is 20.4 Å². The molecule has 0 amide bonds. The van der Waals surface area contributed by atoms with Crippen molar-refractivity contribution in [3.8, 4) is 5.75 Å². The lowest BCUT2D eigenvalue weighted by Gasteiger charge is -2.15. The highest BCUT2D eigenvalue weighted by Crippen LogP contribution is 2.37. The number of hydrogen-bond donors (Lipinski definition) is 2. The number of benzene rings is 3. The van der Waals surface area contributed by atoms with Crippen LogP contribution in [0, 0.1) is 5.92 Å². The number of halogens is 3. The fourth-order valence-electron chi connectivity index (χ4n) is 4.34. The highest BCUT2D eigenvalue weighted by molar-refractivity contribution is 6.38. The zero-order valence-corrected chi connectivity index (χ0v) is 22.8. The molecule has 2 aliphatic rings. The van der Waals surface area contributed by atoms with Gasteiger partial charge in [-0.05, 0) is 60.9 Å². The molecule has 10 heteroatoms. The van der Waals surface area contributed by atoms with Crippen LogP contribution in [0.25, 0.3) is 5.70 Å². The number of aromatic carboxylic acids is 1. The van der Waals surface area contributed by atoms with Crippen LogP contribution in [0.3, 0.4) is 0 Å². The minimum Gasteiger partial charge on any atom is -0.489 e. The summed E-state index contributed by atoms with van der Waals surface area (Å²) < 4.78 is 5.96. The fraction of sp³-hybridized carbons (Fsp3) is 0.207. The molecule has 0 saturated heterocycles. The number of oxime groups is 1. The number of carbonyl (C=O) groups is 2. The van der Waals surface area contributed by atoms with E-state index in [1.807, 2.05) is 0 Å². The van der Waals surface area contributed by atoms with Gasteiger partial charge in [0.2, 0.25) is 0 Å². The monoisotopic (exact) mass is 584 g/mol. The van der Waals surface area contributed by atoms with Gasteiger partial charge in [0, 0.05) is 23.5 Å². The molecule has 1 unspecified atom stereocenters. The first kappa shape index (κ1) is 27.1. The standard InChI is InChI=1S/C29H23Cl3N2O5/c30-21-5-2-6-22(31)26(21)27(33)20(28(35)15-7-8-15)14-38-18-9-10-19(23(32)12-18)24-13-25(39-34-24)16-3-1-4-17(11-16)29(36)37/h1-6,9-12,15,25H,7-8,13-14,33H2,(H,36,37). The van der Waals surface area contributed by atoms with Crippen LogP contribution in [0.4, 0.5) is 0 Å². The van der Waals surface area contributed by atoms with Crippen LogP contribution in [-0.2, 0) is 9.63 Å². The quantitative estimate of drug-likeness (QED) is 0.263. The molecule has 1 saturated carbocycles. The van der Waals surface area contributed by atoms with Gasteiger partial charge in [-0.1, -0.05) is 58.2 Å². The lowest BCUT2D eigenvalue weighted by molar-refractivity contribution is -0.116. The topological polar surface area (TPSA) is 111 Å². The van der Waals surface area contributed by atoms with Crippen molar-refractivity contribution in [3.63, 3.8) is 0 Å². The second kappa shape index (κ2) is 11.3. The van der Waals surface area contributed by atoms with Crippen LogP contribution in [0.2, 0.25) is 15.1 Å². The summed E-state index contributed by atoms with van der Waals surface area (Å²) in [7, 11) is 0. The molecule has 0 aromatic heterocycles. The second-order valence-corrected chi connectivity index (χ2v) is 10.5. The van der Waals surface area contributed by atoms with Crippen LogP contribution >= 0.6 is 34.8 Å². The van der Waals surface area contributed by atoms with Crippen LogP contribution in [0.1, 0.15) is 52.4 Å². The Bertz CT molecular complexity index is 1510. The average molecular weight is 586 g/mol. The Kier molecular flexibility index (Phi) is 7.84. The Balaban J connectivity index is 1.32. The van der Waals surface area contributed by atoms with E-state index in [0.29, 0.717) is 55.2 Å². The van der Waals surface area contributed by atoms with Gasteiger partial charge in [0.05, 0.1) is 37.6 Å². The van der Waals surface area contributed by atoms with Crippen molar-refractivity contribution >= 4 is 58.0 Å². The Morgan fingerprint density at radius 2 is 1.72 bits per heavy atom. The number of nitrogens with zero attached hydrogens (tertiary/aromatic N) is 1. The molecule has 3 aromatic carbocycles. The zero-order valence-electron chi connectivity index (χ0n) is 20.5. The van der Waals surface area contributed by atoms with Crippen LogP contribution in [0.15, 0.2) is 71.4 Å². The molecular weight excluding hydrogens is 563 g/mol. The molecule has 7 nitrogen and oxygen atoms in total. The van der Waals surface area contributed by atoms with Crippen LogP contribution in [0.5, 0.6) is 5.75 Å². The Morgan fingerprint density at radius 3 is 2.38 bits per heavy atom. The van der Waals surface area contributed by atoms with E-state index in [0.717, 1.165) is 12.8 Å². The first-order valence-corrected chi connectivity index (χ1v) is 13.3. The van der Waals surface area contributed by atoms with Gasteiger partial charge in [-0.25, -0.2) is 4.79 Å². The van der Waals surface area contributed by atoms with Gasteiger partial charge >= 0.3 is 5.97 Å². The maximum atomic E-state index is 13.1. The molecule has 0 spiro atoms. The number of nitrogens with two attached hydrogens (primary N) is 1. The summed E-state index contributed by atoms with van der Waals surface area (Å²) in [6.45, 7) is -0.0789. The summed E-state index contributed by atoms with van der Waals surface area (Å²) in [5.41, 5.74) is 9.50. The summed E-state index contributed by atoms with van der Waals surface area (Å²) in [4.78, 5) is 29.9. The molecule has 3 N–H and O–H groups in total. The summed E-state index contributed by atoms with van der Waals surface area (Å²) in [5.74, 6) is -0.739. The number of carbonyl (C=O) groups excluding carboxylic acids is 1. The van der Waals surface area contributed by atoms with Crippen LogP contribution < -0.4 is 10.5 Å². The summed E-state index contributed by atoms with van der Waals surface area (Å²) >= 11 is 19.3. The SMILES string of the molecule is NC(=C(COc1ccc(C2=NOC(c3cccc(C(=O)O)c3)C2)c(Cl)c1)C(=O)C1CC1)c1c(Cl)cccc1Cl. The van der Waals surface area contributed by atoms with Gasteiger partial charge in [-0.3, -0.25) is 4.79 Å². The third-order valence-corrected chi connectivity index (χ3v) is 7.55. The van der Waals surface area contributed by atoms with Crippen molar-refractivity contribution in [1.82, 2.24) is 0 Å². The third kappa shape index (κ3) is 5.91. The van der Waals surface area contributed by atoms with E-state index >= 15 is 0 Å². The number of Topliss-reactive ketones (excluding diaryl/α,β-unsaturated/α-hetero) is 1. The van der Waals surface area contributed by atoms with E-state index in [1.54, 1.807) is 54.6 Å². The predicted molar refractivity (Wildman–Crippen MR) is 151 cm³/mol.